The van der Waals surface area contributed by atoms with E-state index in [0.717, 1.165) is 17.7 Å². The van der Waals surface area contributed by atoms with E-state index in [1.54, 1.807) is 14.0 Å². The maximum atomic E-state index is 5.90. The molecule has 1 aromatic heterocycles. The Morgan fingerprint density at radius 1 is 1.28 bits per heavy atom. The van der Waals surface area contributed by atoms with Gasteiger partial charge in [0.05, 0.1) is 7.11 Å². The van der Waals surface area contributed by atoms with E-state index < -0.39 is 0 Å². The summed E-state index contributed by atoms with van der Waals surface area (Å²) < 4.78 is 5.33. The van der Waals surface area contributed by atoms with Crippen molar-refractivity contribution >= 4 is 5.82 Å². The van der Waals surface area contributed by atoms with Gasteiger partial charge in [-0.1, -0.05) is 13.0 Å². The van der Waals surface area contributed by atoms with E-state index in [4.69, 9.17) is 10.5 Å². The number of nitrogen functional groups attached to an aromatic ring is 1. The standard InChI is InChI=1S/C13H16N4O/c1-4-9-5-6-11(18-3)10(7-9)12-13(14)15-8(2)16-17-12/h5-7H,4H2,1-3H3,(H2,14,15,16). The van der Waals surface area contributed by atoms with Gasteiger partial charge in [0.2, 0.25) is 0 Å². The number of hydrogen-bond donors (Lipinski definition) is 1. The van der Waals surface area contributed by atoms with Crippen LogP contribution in [0.15, 0.2) is 18.2 Å². The molecule has 0 aliphatic carbocycles. The van der Waals surface area contributed by atoms with Crippen molar-refractivity contribution in [2.24, 2.45) is 0 Å². The van der Waals surface area contributed by atoms with Crippen LogP contribution < -0.4 is 10.5 Å². The number of rotatable bonds is 3. The first-order valence-corrected chi connectivity index (χ1v) is 5.79. The molecule has 0 aliphatic heterocycles. The summed E-state index contributed by atoms with van der Waals surface area (Å²) in [6, 6.07) is 5.94. The third-order valence-corrected chi connectivity index (χ3v) is 2.75. The van der Waals surface area contributed by atoms with Crippen molar-refractivity contribution in [1.29, 1.82) is 0 Å². The minimum absolute atomic E-state index is 0.369. The van der Waals surface area contributed by atoms with Crippen LogP contribution in [0.5, 0.6) is 5.75 Å². The number of ether oxygens (including phenoxy) is 1. The Morgan fingerprint density at radius 3 is 2.67 bits per heavy atom. The third-order valence-electron chi connectivity index (χ3n) is 2.75. The van der Waals surface area contributed by atoms with Gasteiger partial charge in [-0.2, -0.15) is 0 Å². The molecule has 0 amide bonds. The topological polar surface area (TPSA) is 73.9 Å². The maximum Gasteiger partial charge on any atom is 0.154 e. The number of nitrogens with zero attached hydrogens (tertiary/aromatic N) is 3. The summed E-state index contributed by atoms with van der Waals surface area (Å²) in [4.78, 5) is 4.13. The number of nitrogens with two attached hydrogens (primary N) is 1. The largest absolute Gasteiger partial charge is 0.496 e. The second kappa shape index (κ2) is 5.00. The summed E-state index contributed by atoms with van der Waals surface area (Å²) in [5.74, 6) is 1.65. The molecule has 0 fully saturated rings. The average molecular weight is 244 g/mol. The van der Waals surface area contributed by atoms with Gasteiger partial charge >= 0.3 is 0 Å². The normalized spacial score (nSPS) is 10.4. The Hall–Kier alpha value is -2.17. The summed E-state index contributed by atoms with van der Waals surface area (Å²) in [7, 11) is 1.62. The second-order valence-corrected chi connectivity index (χ2v) is 3.98. The number of hydrogen-bond acceptors (Lipinski definition) is 5. The molecule has 2 aromatic rings. The highest BCUT2D eigenvalue weighted by molar-refractivity contribution is 5.75. The molecule has 2 rings (SSSR count). The van der Waals surface area contributed by atoms with E-state index in [-0.39, 0.29) is 0 Å². The summed E-state index contributed by atoms with van der Waals surface area (Å²) in [6.45, 7) is 3.85. The maximum absolute atomic E-state index is 5.90. The highest BCUT2D eigenvalue weighted by atomic mass is 16.5. The first-order valence-electron chi connectivity index (χ1n) is 5.79. The SMILES string of the molecule is CCc1ccc(OC)c(-c2nnc(C)nc2N)c1. The number of aromatic nitrogens is 3. The molecule has 5 heteroatoms. The van der Waals surface area contributed by atoms with Crippen molar-refractivity contribution in [3.05, 3.63) is 29.6 Å². The molecule has 1 aromatic carbocycles. The number of benzene rings is 1. The van der Waals surface area contributed by atoms with E-state index >= 15 is 0 Å². The van der Waals surface area contributed by atoms with Crippen LogP contribution in [-0.2, 0) is 6.42 Å². The molecule has 0 saturated heterocycles. The van der Waals surface area contributed by atoms with E-state index in [9.17, 15) is 0 Å². The molecule has 0 saturated carbocycles. The zero-order valence-corrected chi connectivity index (χ0v) is 10.8. The highest BCUT2D eigenvalue weighted by Gasteiger charge is 2.13. The van der Waals surface area contributed by atoms with Crippen LogP contribution in [0.25, 0.3) is 11.3 Å². The fourth-order valence-electron chi connectivity index (χ4n) is 1.78. The van der Waals surface area contributed by atoms with Crippen LogP contribution in [0.3, 0.4) is 0 Å². The quantitative estimate of drug-likeness (QED) is 0.893. The van der Waals surface area contributed by atoms with E-state index in [0.29, 0.717) is 17.3 Å². The highest BCUT2D eigenvalue weighted by Crippen LogP contribution is 2.31. The van der Waals surface area contributed by atoms with Gasteiger partial charge in [-0.15, -0.1) is 10.2 Å². The molecule has 0 unspecified atom stereocenters. The lowest BCUT2D eigenvalue weighted by atomic mass is 10.0. The molecule has 5 nitrogen and oxygen atoms in total. The Morgan fingerprint density at radius 2 is 2.06 bits per heavy atom. The van der Waals surface area contributed by atoms with Gasteiger partial charge in [-0.05, 0) is 31.0 Å². The van der Waals surface area contributed by atoms with Crippen molar-refractivity contribution in [3.8, 4) is 17.0 Å². The van der Waals surface area contributed by atoms with Crippen molar-refractivity contribution in [3.63, 3.8) is 0 Å². The number of anilines is 1. The Bertz CT molecular complexity index is 569. The van der Waals surface area contributed by atoms with E-state index in [1.807, 2.05) is 18.2 Å². The van der Waals surface area contributed by atoms with Gasteiger partial charge in [-0.25, -0.2) is 4.98 Å². The molecule has 0 bridgehead atoms. The Kier molecular flexibility index (Phi) is 3.41. The first-order chi connectivity index (χ1) is 8.65. The number of methoxy groups -OCH3 is 1. The summed E-state index contributed by atoms with van der Waals surface area (Å²) in [5, 5.41) is 8.07. The van der Waals surface area contributed by atoms with Gasteiger partial charge in [0.15, 0.2) is 5.82 Å². The second-order valence-electron chi connectivity index (χ2n) is 3.98. The summed E-state index contributed by atoms with van der Waals surface area (Å²) in [6.07, 6.45) is 0.934. The van der Waals surface area contributed by atoms with Gasteiger partial charge in [0.1, 0.15) is 17.3 Å². The van der Waals surface area contributed by atoms with Crippen LogP contribution in [0.4, 0.5) is 5.82 Å². The fourth-order valence-corrected chi connectivity index (χ4v) is 1.78. The van der Waals surface area contributed by atoms with E-state index in [2.05, 4.69) is 22.1 Å². The van der Waals surface area contributed by atoms with Crippen molar-refractivity contribution in [2.45, 2.75) is 20.3 Å². The molecule has 0 radical (unpaired) electrons. The molecule has 2 N–H and O–H groups in total. The summed E-state index contributed by atoms with van der Waals surface area (Å²) in [5.41, 5.74) is 8.48. The molecular weight excluding hydrogens is 228 g/mol. The summed E-state index contributed by atoms with van der Waals surface area (Å²) >= 11 is 0. The van der Waals surface area contributed by atoms with Gasteiger partial charge in [0.25, 0.3) is 0 Å². The molecule has 1 heterocycles. The molecule has 0 spiro atoms. The number of aryl methyl sites for hydroxylation is 2. The van der Waals surface area contributed by atoms with Crippen LogP contribution >= 0.6 is 0 Å². The minimum atomic E-state index is 0.369. The van der Waals surface area contributed by atoms with Crippen LogP contribution in [0.2, 0.25) is 0 Å². The molecule has 94 valence electrons. The van der Waals surface area contributed by atoms with Gasteiger partial charge in [0, 0.05) is 5.56 Å². The Labute approximate surface area is 106 Å². The fraction of sp³-hybridized carbons (Fsp3) is 0.308. The molecule has 18 heavy (non-hydrogen) atoms. The van der Waals surface area contributed by atoms with Crippen LogP contribution in [0.1, 0.15) is 18.3 Å². The zero-order valence-electron chi connectivity index (χ0n) is 10.8. The first kappa shape index (κ1) is 12.3. The van der Waals surface area contributed by atoms with Crippen molar-refractivity contribution in [1.82, 2.24) is 15.2 Å². The minimum Gasteiger partial charge on any atom is -0.496 e. The lowest BCUT2D eigenvalue weighted by molar-refractivity contribution is 0.416. The van der Waals surface area contributed by atoms with Crippen molar-refractivity contribution in [2.75, 3.05) is 12.8 Å². The monoisotopic (exact) mass is 244 g/mol. The lowest BCUT2D eigenvalue weighted by Gasteiger charge is -2.10. The van der Waals surface area contributed by atoms with Crippen molar-refractivity contribution < 1.29 is 4.74 Å². The lowest BCUT2D eigenvalue weighted by Crippen LogP contribution is -2.03. The molecule has 0 atom stereocenters. The predicted molar refractivity (Wildman–Crippen MR) is 70.3 cm³/mol. The third kappa shape index (κ3) is 2.25. The molecular formula is C13H16N4O. The van der Waals surface area contributed by atoms with Crippen LogP contribution in [-0.4, -0.2) is 22.3 Å². The van der Waals surface area contributed by atoms with E-state index in [1.165, 1.54) is 5.56 Å². The van der Waals surface area contributed by atoms with Gasteiger partial charge < -0.3 is 10.5 Å². The van der Waals surface area contributed by atoms with Crippen LogP contribution in [0, 0.1) is 6.92 Å². The molecule has 0 aliphatic rings. The Balaban J connectivity index is 2.60. The average Bonchev–Trinajstić information content (AvgIpc) is 2.38. The zero-order chi connectivity index (χ0) is 13.1. The predicted octanol–water partition coefficient (Wildman–Crippen LogP) is 2.00. The van der Waals surface area contributed by atoms with Gasteiger partial charge in [-0.3, -0.25) is 0 Å². The smallest absolute Gasteiger partial charge is 0.154 e.